The van der Waals surface area contributed by atoms with Gasteiger partial charge in [-0.1, -0.05) is 0 Å². The van der Waals surface area contributed by atoms with Crippen LogP contribution in [0, 0.1) is 12.3 Å². The molecule has 7 nitrogen and oxygen atoms in total. The summed E-state index contributed by atoms with van der Waals surface area (Å²) in [6, 6.07) is 0. The molecule has 0 amide bonds. The highest BCUT2D eigenvalue weighted by Gasteiger charge is 2.13. The summed E-state index contributed by atoms with van der Waals surface area (Å²) < 4.78 is 26.1. The fourth-order valence-electron chi connectivity index (χ4n) is 1.78. The molecule has 0 unspecified atom stereocenters. The Labute approximate surface area is 133 Å². The number of aryl methyl sites for hydroxylation is 1. The van der Waals surface area contributed by atoms with E-state index in [9.17, 15) is 8.78 Å². The van der Waals surface area contributed by atoms with Crippen molar-refractivity contribution in [1.82, 2.24) is 19.7 Å². The Bertz CT molecular complexity index is 686. The third-order valence-corrected chi connectivity index (χ3v) is 3.19. The van der Waals surface area contributed by atoms with Crippen LogP contribution in [-0.4, -0.2) is 37.8 Å². The average molecular weight is 374 g/mol. The third kappa shape index (κ3) is 3.75. The smallest absolute Gasteiger partial charge is 0.257 e. The van der Waals surface area contributed by atoms with Crippen molar-refractivity contribution >= 4 is 38.1 Å². The summed E-state index contributed by atoms with van der Waals surface area (Å²) in [4.78, 5) is 8.30. The van der Waals surface area contributed by atoms with Gasteiger partial charge in [0.15, 0.2) is 5.82 Å². The number of anilines is 3. The summed E-state index contributed by atoms with van der Waals surface area (Å²) in [6.45, 7) is 1.28. The van der Waals surface area contributed by atoms with E-state index in [-0.39, 0.29) is 10.6 Å². The van der Waals surface area contributed by atoms with Crippen molar-refractivity contribution in [3.63, 3.8) is 0 Å². The fourth-order valence-corrected chi connectivity index (χ4v) is 2.07. The van der Waals surface area contributed by atoms with Gasteiger partial charge in [-0.05, 0) is 22.9 Å². The molecule has 0 radical (unpaired) electrons. The Kier molecular flexibility index (Phi) is 5.01. The largest absolute Gasteiger partial charge is 0.372 e. The lowest BCUT2D eigenvalue weighted by molar-refractivity contribution is 0.122. The fraction of sp³-hybridized carbons (Fsp3) is 0.333. The first kappa shape index (κ1) is 16.3. The Morgan fingerprint density at radius 2 is 2.18 bits per heavy atom. The van der Waals surface area contributed by atoms with Crippen molar-refractivity contribution in [2.75, 3.05) is 17.7 Å². The number of nitrogens with one attached hydrogen (secondary N) is 3. The zero-order chi connectivity index (χ0) is 16.3. The Hall–Kier alpha value is -2.10. The minimum atomic E-state index is -2.47. The van der Waals surface area contributed by atoms with Crippen molar-refractivity contribution in [2.45, 2.75) is 19.9 Å². The lowest BCUT2D eigenvalue weighted by Gasteiger charge is -2.08. The summed E-state index contributed by atoms with van der Waals surface area (Å²) >= 11 is 3.06. The topological polar surface area (TPSA) is 91.5 Å². The zero-order valence-electron chi connectivity index (χ0n) is 11.9. The first-order chi connectivity index (χ1) is 10.4. The second-order valence-corrected chi connectivity index (χ2v) is 5.21. The molecule has 2 aromatic heterocycles. The maximum absolute atomic E-state index is 12.4. The lowest BCUT2D eigenvalue weighted by atomic mass is 10.3. The highest BCUT2D eigenvalue weighted by Crippen LogP contribution is 2.20. The van der Waals surface area contributed by atoms with Crippen LogP contribution in [0.1, 0.15) is 11.1 Å². The van der Waals surface area contributed by atoms with Gasteiger partial charge >= 0.3 is 0 Å². The highest BCUT2D eigenvalue weighted by atomic mass is 79.9. The molecule has 0 saturated carbocycles. The first-order valence-corrected chi connectivity index (χ1v) is 7.08. The highest BCUT2D eigenvalue weighted by molar-refractivity contribution is 9.18. The number of nitrogens with zero attached hydrogens (tertiary/aromatic N) is 4. The molecule has 0 saturated heterocycles. The normalized spacial score (nSPS) is 10.8. The van der Waals surface area contributed by atoms with Gasteiger partial charge in [-0.15, -0.1) is 0 Å². The van der Waals surface area contributed by atoms with Crippen molar-refractivity contribution in [3.8, 4) is 0 Å². The molecule has 2 heterocycles. The maximum Gasteiger partial charge on any atom is 0.257 e. The number of aromatic nitrogens is 4. The monoisotopic (exact) mass is 373 g/mol. The third-order valence-electron chi connectivity index (χ3n) is 2.76. The summed E-state index contributed by atoms with van der Waals surface area (Å²) in [5, 5.41) is 17.3. The van der Waals surface area contributed by atoms with Gasteiger partial charge in [0, 0.05) is 25.0 Å². The van der Waals surface area contributed by atoms with Crippen LogP contribution in [0.5, 0.6) is 0 Å². The minimum Gasteiger partial charge on any atom is -0.372 e. The molecular weight excluding hydrogens is 360 g/mol. The van der Waals surface area contributed by atoms with Crippen molar-refractivity contribution < 1.29 is 8.78 Å². The molecule has 0 aromatic carbocycles. The van der Waals surface area contributed by atoms with Gasteiger partial charge in [0.25, 0.3) is 6.43 Å². The Morgan fingerprint density at radius 3 is 2.77 bits per heavy atom. The predicted octanol–water partition coefficient (Wildman–Crippen LogP) is 2.75. The molecule has 0 fully saturated rings. The molecule has 0 bridgehead atoms. The van der Waals surface area contributed by atoms with E-state index in [0.29, 0.717) is 22.8 Å². The molecule has 0 spiro atoms. The van der Waals surface area contributed by atoms with Crippen LogP contribution in [-0.2, 0) is 6.54 Å². The predicted molar refractivity (Wildman–Crippen MR) is 83.6 cm³/mol. The van der Waals surface area contributed by atoms with Crippen molar-refractivity contribution in [1.29, 1.82) is 5.41 Å². The summed E-state index contributed by atoms with van der Waals surface area (Å²) in [6.07, 6.45) is 0.531. The molecule has 118 valence electrons. The van der Waals surface area contributed by atoms with Gasteiger partial charge in [0.05, 0.1) is 5.56 Å². The van der Waals surface area contributed by atoms with Gasteiger partial charge in [-0.3, -0.25) is 10.1 Å². The maximum atomic E-state index is 12.4. The van der Waals surface area contributed by atoms with Crippen LogP contribution in [0.2, 0.25) is 0 Å². The Balaban J connectivity index is 2.24. The summed E-state index contributed by atoms with van der Waals surface area (Å²) in [7, 11) is 1.67. The minimum absolute atomic E-state index is 0.154. The van der Waals surface area contributed by atoms with Crippen LogP contribution in [0.25, 0.3) is 0 Å². The average Bonchev–Trinajstić information content (AvgIpc) is 2.77. The summed E-state index contributed by atoms with van der Waals surface area (Å²) in [5.74, 6) is 1.13. The van der Waals surface area contributed by atoms with E-state index in [0.717, 1.165) is 0 Å². The molecule has 22 heavy (non-hydrogen) atoms. The van der Waals surface area contributed by atoms with E-state index in [4.69, 9.17) is 5.41 Å². The Morgan fingerprint density at radius 1 is 1.45 bits per heavy atom. The molecule has 0 aliphatic carbocycles. The quantitative estimate of drug-likeness (QED) is 0.677. The summed E-state index contributed by atoms with van der Waals surface area (Å²) in [5.41, 5.74) is 1.21. The van der Waals surface area contributed by atoms with E-state index >= 15 is 0 Å². The SMILES string of the molecule is CNc1nc(Nc2nn(CC(F)F)cc2C)ncc1C(=N)Br. The number of rotatable bonds is 6. The molecular formula is C12H14BrF2N7. The van der Waals surface area contributed by atoms with Gasteiger partial charge in [0.2, 0.25) is 5.95 Å². The van der Waals surface area contributed by atoms with Gasteiger partial charge in [0.1, 0.15) is 17.0 Å². The van der Waals surface area contributed by atoms with Crippen LogP contribution < -0.4 is 10.6 Å². The second-order valence-electron chi connectivity index (χ2n) is 4.42. The van der Waals surface area contributed by atoms with Gasteiger partial charge in [-0.2, -0.15) is 10.1 Å². The molecule has 0 aliphatic rings. The van der Waals surface area contributed by atoms with E-state index in [2.05, 4.69) is 41.6 Å². The van der Waals surface area contributed by atoms with E-state index in [1.54, 1.807) is 14.0 Å². The zero-order valence-corrected chi connectivity index (χ0v) is 13.4. The molecule has 3 N–H and O–H groups in total. The number of hydrogen-bond acceptors (Lipinski definition) is 6. The van der Waals surface area contributed by atoms with E-state index in [1.165, 1.54) is 17.1 Å². The van der Waals surface area contributed by atoms with E-state index < -0.39 is 13.0 Å². The standard InChI is InChI=1S/C12H14BrF2N7/c1-6-4-22(5-8(14)15)21-10(6)19-12-18-3-7(9(13)16)11(17-2)20-12/h3-4,8,16H,5H2,1-2H3,(H2,17,18,19,20,21). The van der Waals surface area contributed by atoms with Gasteiger partial charge in [-0.25, -0.2) is 13.8 Å². The lowest BCUT2D eigenvalue weighted by Crippen LogP contribution is -2.08. The number of hydrogen-bond donors (Lipinski definition) is 3. The molecule has 2 rings (SSSR count). The number of halogens is 3. The molecule has 10 heteroatoms. The van der Waals surface area contributed by atoms with Gasteiger partial charge < -0.3 is 10.6 Å². The second kappa shape index (κ2) is 6.77. The van der Waals surface area contributed by atoms with Crippen molar-refractivity contribution in [3.05, 3.63) is 23.5 Å². The van der Waals surface area contributed by atoms with Crippen molar-refractivity contribution in [2.24, 2.45) is 0 Å². The molecule has 0 aliphatic heterocycles. The van der Waals surface area contributed by atoms with Crippen LogP contribution in [0.3, 0.4) is 0 Å². The number of alkyl halides is 2. The first-order valence-electron chi connectivity index (χ1n) is 6.29. The van der Waals surface area contributed by atoms with Crippen LogP contribution >= 0.6 is 15.9 Å². The van der Waals surface area contributed by atoms with Crippen LogP contribution in [0.15, 0.2) is 12.4 Å². The van der Waals surface area contributed by atoms with E-state index in [1.807, 2.05) is 0 Å². The van der Waals surface area contributed by atoms with Crippen LogP contribution in [0.4, 0.5) is 26.4 Å². The molecule has 0 atom stereocenters. The molecule has 2 aromatic rings.